The van der Waals surface area contributed by atoms with Crippen LogP contribution in [0.5, 0.6) is 0 Å². The van der Waals surface area contributed by atoms with Crippen LogP contribution in [0.15, 0.2) is 200 Å². The molecule has 11 rings (SSSR count). The van der Waals surface area contributed by atoms with Gasteiger partial charge in [0.1, 0.15) is 0 Å². The third-order valence-electron chi connectivity index (χ3n) is 12.1. The fraction of sp³-hybridized carbons (Fsp3) is 0.0370. The zero-order chi connectivity index (χ0) is 35.8. The lowest BCUT2D eigenvalue weighted by Crippen LogP contribution is -2.22. The van der Waals surface area contributed by atoms with E-state index in [0.29, 0.717) is 0 Å². The van der Waals surface area contributed by atoms with E-state index in [-0.39, 0.29) is 5.41 Å². The molecule has 0 aromatic heterocycles. The summed E-state index contributed by atoms with van der Waals surface area (Å²) in [5.74, 6) is 0. The van der Waals surface area contributed by atoms with Crippen LogP contribution in [0.1, 0.15) is 23.6 Å². The molecule has 0 aliphatic heterocycles. The van der Waals surface area contributed by atoms with Crippen LogP contribution in [0, 0.1) is 0 Å². The summed E-state index contributed by atoms with van der Waals surface area (Å²) in [6, 6.07) is 74.4. The van der Waals surface area contributed by atoms with Crippen LogP contribution in [0.25, 0.3) is 87.6 Å². The Morgan fingerprint density at radius 2 is 0.981 bits per heavy atom. The lowest BCUT2D eigenvalue weighted by atomic mass is 9.74. The van der Waals surface area contributed by atoms with Gasteiger partial charge in [0.25, 0.3) is 0 Å². The molecule has 0 saturated heterocycles. The highest BCUT2D eigenvalue weighted by Crippen LogP contribution is 2.53. The highest BCUT2D eigenvalue weighted by atomic mass is 14.4. The smallest absolute Gasteiger partial charge is 0.0435 e. The largest absolute Gasteiger partial charge is 0.0622 e. The molecular formula is C54H36. The first kappa shape index (κ1) is 30.8. The van der Waals surface area contributed by atoms with Gasteiger partial charge in [0.2, 0.25) is 0 Å². The van der Waals surface area contributed by atoms with Gasteiger partial charge < -0.3 is 0 Å². The minimum Gasteiger partial charge on any atom is -0.0622 e. The molecule has 1 atom stereocenters. The second-order valence-corrected chi connectivity index (χ2v) is 15.0. The Balaban J connectivity index is 1.13. The minimum atomic E-state index is -0.235. The normalized spacial score (nSPS) is 14.8. The third kappa shape index (κ3) is 4.57. The first-order chi connectivity index (χ1) is 26.6. The molecule has 0 spiro atoms. The zero-order valence-corrected chi connectivity index (χ0v) is 30.1. The molecule has 0 N–H and O–H groups in total. The molecule has 0 fully saturated rings. The van der Waals surface area contributed by atoms with Gasteiger partial charge in [-0.2, -0.15) is 0 Å². The van der Waals surface area contributed by atoms with Crippen molar-refractivity contribution >= 4 is 43.1 Å². The van der Waals surface area contributed by atoms with E-state index >= 15 is 0 Å². The zero-order valence-electron chi connectivity index (χ0n) is 30.1. The van der Waals surface area contributed by atoms with Gasteiger partial charge in [0.15, 0.2) is 0 Å². The molecule has 1 aliphatic rings. The summed E-state index contributed by atoms with van der Waals surface area (Å²) in [6.07, 6.45) is 0. The molecule has 0 saturated carbocycles. The predicted molar refractivity (Wildman–Crippen MR) is 230 cm³/mol. The summed E-state index contributed by atoms with van der Waals surface area (Å²) in [5.41, 5.74) is 13.9. The van der Waals surface area contributed by atoms with Gasteiger partial charge in [-0.3, -0.25) is 0 Å². The van der Waals surface area contributed by atoms with Crippen LogP contribution in [-0.4, -0.2) is 0 Å². The average molecular weight is 685 g/mol. The maximum absolute atomic E-state index is 2.46. The van der Waals surface area contributed by atoms with Crippen molar-refractivity contribution in [3.8, 4) is 44.5 Å². The van der Waals surface area contributed by atoms with Crippen molar-refractivity contribution < 1.29 is 0 Å². The first-order valence-electron chi connectivity index (χ1n) is 18.9. The second kappa shape index (κ2) is 11.9. The molecule has 0 radical (unpaired) electrons. The van der Waals surface area contributed by atoms with E-state index in [1.165, 1.54) is 104 Å². The summed E-state index contributed by atoms with van der Waals surface area (Å²) < 4.78 is 0. The summed E-state index contributed by atoms with van der Waals surface area (Å²) in [5, 5.41) is 10.2. The number of benzene rings is 10. The predicted octanol–water partition coefficient (Wildman–Crippen LogP) is 14.6. The number of rotatable bonds is 4. The Kier molecular flexibility index (Phi) is 6.78. The molecule has 10 aromatic carbocycles. The summed E-state index contributed by atoms with van der Waals surface area (Å²) in [4.78, 5) is 0. The van der Waals surface area contributed by atoms with E-state index < -0.39 is 0 Å². The van der Waals surface area contributed by atoms with E-state index in [9.17, 15) is 0 Å². The molecule has 1 aliphatic carbocycles. The molecule has 10 aromatic rings. The Morgan fingerprint density at radius 3 is 1.83 bits per heavy atom. The van der Waals surface area contributed by atoms with E-state index in [2.05, 4.69) is 207 Å². The topological polar surface area (TPSA) is 0 Å². The lowest BCUT2D eigenvalue weighted by Gasteiger charge is -2.28. The van der Waals surface area contributed by atoms with Gasteiger partial charge in [-0.25, -0.2) is 0 Å². The fourth-order valence-corrected chi connectivity index (χ4v) is 9.42. The van der Waals surface area contributed by atoms with E-state index in [1.54, 1.807) is 0 Å². The SMILES string of the molecule is CC1(c2ccccc2)c2ccccc2-c2cc3ccc(-c4ccc(-c5c6ccccc6cc6c5ccc5ccccc56)cc4-c4ccccc4)cc3cc21. The number of fused-ring (bicyclic) bond motifs is 8. The first-order valence-corrected chi connectivity index (χ1v) is 18.9. The quantitative estimate of drug-likeness (QED) is 0.128. The van der Waals surface area contributed by atoms with Crippen molar-refractivity contribution in [2.75, 3.05) is 0 Å². The van der Waals surface area contributed by atoms with Gasteiger partial charge in [-0.15, -0.1) is 0 Å². The fourth-order valence-electron chi connectivity index (χ4n) is 9.42. The van der Waals surface area contributed by atoms with Gasteiger partial charge >= 0.3 is 0 Å². The standard InChI is InChI=1S/C54H36/c1-54(42-18-6-3-7-19-42)51-23-13-12-22-46(51)50-31-37-24-25-39(30-41(37)34-52(50)54)44-28-27-40(33-48(44)35-14-4-2-5-15-35)53-45-21-11-9-17-38(45)32-49-43-20-10-8-16-36(43)26-29-47(49)53/h2-34H,1H3. The van der Waals surface area contributed by atoms with Crippen LogP contribution in [0.3, 0.4) is 0 Å². The van der Waals surface area contributed by atoms with E-state index in [1.807, 2.05) is 0 Å². The molecule has 0 heterocycles. The van der Waals surface area contributed by atoms with Crippen LogP contribution >= 0.6 is 0 Å². The molecule has 0 heteroatoms. The molecule has 0 amide bonds. The van der Waals surface area contributed by atoms with Crippen molar-refractivity contribution in [2.45, 2.75) is 12.3 Å². The summed E-state index contributed by atoms with van der Waals surface area (Å²) in [6.45, 7) is 2.40. The van der Waals surface area contributed by atoms with Crippen molar-refractivity contribution in [1.29, 1.82) is 0 Å². The van der Waals surface area contributed by atoms with Crippen LogP contribution < -0.4 is 0 Å². The number of hydrogen-bond acceptors (Lipinski definition) is 0. The lowest BCUT2D eigenvalue weighted by molar-refractivity contribution is 0.715. The summed E-state index contributed by atoms with van der Waals surface area (Å²) >= 11 is 0. The minimum absolute atomic E-state index is 0.235. The van der Waals surface area contributed by atoms with Crippen LogP contribution in [0.2, 0.25) is 0 Å². The van der Waals surface area contributed by atoms with E-state index in [0.717, 1.165) is 0 Å². The molecule has 54 heavy (non-hydrogen) atoms. The van der Waals surface area contributed by atoms with Crippen LogP contribution in [0.4, 0.5) is 0 Å². The van der Waals surface area contributed by atoms with Gasteiger partial charge in [0, 0.05) is 5.41 Å². The van der Waals surface area contributed by atoms with Gasteiger partial charge in [-0.1, -0.05) is 170 Å². The maximum Gasteiger partial charge on any atom is 0.0435 e. The highest BCUT2D eigenvalue weighted by molar-refractivity contribution is 6.20. The van der Waals surface area contributed by atoms with Crippen molar-refractivity contribution in [2.24, 2.45) is 0 Å². The molecular weight excluding hydrogens is 649 g/mol. The Morgan fingerprint density at radius 1 is 0.296 bits per heavy atom. The van der Waals surface area contributed by atoms with Crippen LogP contribution in [-0.2, 0) is 5.41 Å². The average Bonchev–Trinajstić information content (AvgIpc) is 3.49. The monoisotopic (exact) mass is 684 g/mol. The Bertz CT molecular complexity index is 3100. The second-order valence-electron chi connectivity index (χ2n) is 15.0. The molecule has 1 unspecified atom stereocenters. The third-order valence-corrected chi connectivity index (χ3v) is 12.1. The molecule has 0 nitrogen and oxygen atoms in total. The van der Waals surface area contributed by atoms with Crippen molar-refractivity contribution in [3.05, 3.63) is 217 Å². The van der Waals surface area contributed by atoms with Gasteiger partial charge in [-0.05, 0) is 142 Å². The van der Waals surface area contributed by atoms with Gasteiger partial charge in [0.05, 0.1) is 0 Å². The Hall–Kier alpha value is -6.76. The summed E-state index contributed by atoms with van der Waals surface area (Å²) in [7, 11) is 0. The molecule has 252 valence electrons. The Labute approximate surface area is 315 Å². The van der Waals surface area contributed by atoms with Crippen molar-refractivity contribution in [3.63, 3.8) is 0 Å². The molecule has 0 bridgehead atoms. The maximum atomic E-state index is 2.46. The van der Waals surface area contributed by atoms with Crippen molar-refractivity contribution in [1.82, 2.24) is 0 Å². The number of hydrogen-bond donors (Lipinski definition) is 0. The van der Waals surface area contributed by atoms with E-state index in [4.69, 9.17) is 0 Å². The highest BCUT2D eigenvalue weighted by Gasteiger charge is 2.40.